The molecule has 1 aliphatic heterocycles. The quantitative estimate of drug-likeness (QED) is 0.801. The molecular weight excluding hydrogens is 285 g/mol. The predicted molar refractivity (Wildman–Crippen MR) is 79.6 cm³/mol. The van der Waals surface area contributed by atoms with Crippen LogP contribution in [0.5, 0.6) is 0 Å². The van der Waals surface area contributed by atoms with Crippen molar-refractivity contribution in [3.63, 3.8) is 0 Å². The molecule has 4 nitrogen and oxygen atoms in total. The van der Waals surface area contributed by atoms with Crippen LogP contribution in [-0.2, 0) is 11.2 Å². The average Bonchev–Trinajstić information content (AvgIpc) is 2.96. The van der Waals surface area contributed by atoms with Crippen LogP contribution < -0.4 is 4.90 Å². The highest BCUT2D eigenvalue weighted by atomic mass is 19.1. The Hall–Kier alpha value is -2.69. The van der Waals surface area contributed by atoms with E-state index >= 15 is 0 Å². The first-order valence-corrected chi connectivity index (χ1v) is 6.89. The van der Waals surface area contributed by atoms with Crippen LogP contribution in [0.2, 0.25) is 0 Å². The fourth-order valence-electron chi connectivity index (χ4n) is 2.63. The van der Waals surface area contributed by atoms with E-state index in [0.717, 1.165) is 11.3 Å². The van der Waals surface area contributed by atoms with Gasteiger partial charge in [-0.05, 0) is 48.4 Å². The fourth-order valence-corrected chi connectivity index (χ4v) is 2.63. The Morgan fingerprint density at radius 3 is 2.68 bits per heavy atom. The van der Waals surface area contributed by atoms with Crippen molar-refractivity contribution in [2.75, 3.05) is 18.6 Å². The number of carbonyl (C=O) groups is 2. The van der Waals surface area contributed by atoms with Crippen molar-refractivity contribution in [1.82, 2.24) is 0 Å². The Labute approximate surface area is 127 Å². The van der Waals surface area contributed by atoms with Gasteiger partial charge in [0, 0.05) is 17.8 Å². The number of methoxy groups -OCH3 is 1. The molecule has 2 aromatic carbocycles. The van der Waals surface area contributed by atoms with E-state index in [1.807, 2.05) is 0 Å². The number of hydrogen-bond acceptors (Lipinski definition) is 3. The highest BCUT2D eigenvalue weighted by Crippen LogP contribution is 2.30. The zero-order chi connectivity index (χ0) is 15.7. The van der Waals surface area contributed by atoms with E-state index in [1.54, 1.807) is 29.2 Å². The van der Waals surface area contributed by atoms with Gasteiger partial charge in [0.1, 0.15) is 5.82 Å². The van der Waals surface area contributed by atoms with E-state index in [-0.39, 0.29) is 5.91 Å². The number of rotatable bonds is 2. The van der Waals surface area contributed by atoms with Crippen molar-refractivity contribution in [1.29, 1.82) is 0 Å². The Morgan fingerprint density at radius 2 is 1.95 bits per heavy atom. The van der Waals surface area contributed by atoms with Crippen molar-refractivity contribution in [3.8, 4) is 0 Å². The topological polar surface area (TPSA) is 46.6 Å². The lowest BCUT2D eigenvalue weighted by molar-refractivity contribution is 0.0600. The average molecular weight is 299 g/mol. The summed E-state index contributed by atoms with van der Waals surface area (Å²) in [7, 11) is 1.33. The fraction of sp³-hybridized carbons (Fsp3) is 0.176. The van der Waals surface area contributed by atoms with Gasteiger partial charge in [-0.15, -0.1) is 0 Å². The first-order valence-electron chi connectivity index (χ1n) is 6.89. The summed E-state index contributed by atoms with van der Waals surface area (Å²) >= 11 is 0. The van der Waals surface area contributed by atoms with Crippen LogP contribution in [0.3, 0.4) is 0 Å². The molecule has 1 amide bonds. The largest absolute Gasteiger partial charge is 0.465 e. The maximum absolute atomic E-state index is 13.3. The van der Waals surface area contributed by atoms with Crippen LogP contribution in [0.4, 0.5) is 10.1 Å². The van der Waals surface area contributed by atoms with Crippen molar-refractivity contribution in [3.05, 3.63) is 65.0 Å². The smallest absolute Gasteiger partial charge is 0.337 e. The van der Waals surface area contributed by atoms with Crippen molar-refractivity contribution in [2.24, 2.45) is 0 Å². The van der Waals surface area contributed by atoms with Gasteiger partial charge in [-0.3, -0.25) is 4.79 Å². The molecule has 112 valence electrons. The second-order valence-corrected chi connectivity index (χ2v) is 5.05. The number of esters is 1. The summed E-state index contributed by atoms with van der Waals surface area (Å²) in [6, 6.07) is 10.7. The number of nitrogens with zero attached hydrogens (tertiary/aromatic N) is 1. The lowest BCUT2D eigenvalue weighted by Crippen LogP contribution is -2.28. The van der Waals surface area contributed by atoms with Crippen LogP contribution in [0.25, 0.3) is 0 Å². The molecule has 0 N–H and O–H groups in total. The first kappa shape index (κ1) is 14.3. The summed E-state index contributed by atoms with van der Waals surface area (Å²) < 4.78 is 18.0. The molecule has 0 atom stereocenters. The number of halogens is 1. The lowest BCUT2D eigenvalue weighted by atomic mass is 10.1. The zero-order valence-electron chi connectivity index (χ0n) is 12.0. The second kappa shape index (κ2) is 5.60. The standard InChI is InChI=1S/C17H14FNO3/c1-22-17(21)13-5-6-15-11(9-13)7-8-19(15)16(20)12-3-2-4-14(18)10-12/h2-6,9-10H,7-8H2,1H3. The molecule has 0 unspecified atom stereocenters. The number of ether oxygens (including phenoxy) is 1. The molecule has 2 aromatic rings. The number of benzene rings is 2. The summed E-state index contributed by atoms with van der Waals surface area (Å²) in [5.74, 6) is -1.09. The third-order valence-corrected chi connectivity index (χ3v) is 3.71. The van der Waals surface area contributed by atoms with Gasteiger partial charge in [-0.2, -0.15) is 0 Å². The summed E-state index contributed by atoms with van der Waals surface area (Å²) in [6.45, 7) is 0.509. The first-order chi connectivity index (χ1) is 10.6. The van der Waals surface area contributed by atoms with Crippen molar-refractivity contribution >= 4 is 17.6 Å². The third-order valence-electron chi connectivity index (χ3n) is 3.71. The van der Waals surface area contributed by atoms with E-state index < -0.39 is 11.8 Å². The molecule has 0 aromatic heterocycles. The minimum Gasteiger partial charge on any atom is -0.465 e. The van der Waals surface area contributed by atoms with E-state index in [9.17, 15) is 14.0 Å². The van der Waals surface area contributed by atoms with Gasteiger partial charge in [0.05, 0.1) is 12.7 Å². The SMILES string of the molecule is COC(=O)c1ccc2c(c1)CCN2C(=O)c1cccc(F)c1. The number of amides is 1. The van der Waals surface area contributed by atoms with Gasteiger partial charge in [-0.25, -0.2) is 9.18 Å². The maximum atomic E-state index is 13.3. The Morgan fingerprint density at radius 1 is 1.14 bits per heavy atom. The monoisotopic (exact) mass is 299 g/mol. The van der Waals surface area contributed by atoms with E-state index in [1.165, 1.54) is 25.3 Å². The molecule has 0 fully saturated rings. The van der Waals surface area contributed by atoms with Gasteiger partial charge in [0.15, 0.2) is 0 Å². The molecule has 0 radical (unpaired) electrons. The van der Waals surface area contributed by atoms with Gasteiger partial charge >= 0.3 is 5.97 Å². The van der Waals surface area contributed by atoms with Crippen molar-refractivity contribution in [2.45, 2.75) is 6.42 Å². The van der Waals surface area contributed by atoms with Gasteiger partial charge in [0.2, 0.25) is 0 Å². The molecule has 3 rings (SSSR count). The highest BCUT2D eigenvalue weighted by molar-refractivity contribution is 6.07. The van der Waals surface area contributed by atoms with Crippen LogP contribution >= 0.6 is 0 Å². The predicted octanol–water partition coefficient (Wildman–Crippen LogP) is 2.82. The molecule has 0 spiro atoms. The van der Waals surface area contributed by atoms with Crippen LogP contribution in [-0.4, -0.2) is 25.5 Å². The van der Waals surface area contributed by atoms with Gasteiger partial charge in [-0.1, -0.05) is 6.07 Å². The molecule has 1 aliphatic rings. The van der Waals surface area contributed by atoms with Crippen molar-refractivity contribution < 1.29 is 18.7 Å². The minimum atomic E-state index is -0.439. The Kier molecular flexibility index (Phi) is 3.63. The lowest BCUT2D eigenvalue weighted by Gasteiger charge is -2.17. The Bertz CT molecular complexity index is 757. The summed E-state index contributed by atoms with van der Waals surface area (Å²) in [6.07, 6.45) is 0.654. The van der Waals surface area contributed by atoms with E-state index in [0.29, 0.717) is 24.1 Å². The summed E-state index contributed by atoms with van der Waals surface area (Å²) in [5.41, 5.74) is 2.43. The molecule has 0 saturated heterocycles. The number of hydrogen-bond donors (Lipinski definition) is 0. The number of anilines is 1. The molecule has 5 heteroatoms. The molecule has 1 heterocycles. The molecule has 0 saturated carbocycles. The molecule has 22 heavy (non-hydrogen) atoms. The molecular formula is C17H14FNO3. The molecule has 0 bridgehead atoms. The summed E-state index contributed by atoms with van der Waals surface area (Å²) in [4.78, 5) is 25.7. The maximum Gasteiger partial charge on any atom is 0.337 e. The van der Waals surface area contributed by atoms with Gasteiger partial charge in [0.25, 0.3) is 5.91 Å². The van der Waals surface area contributed by atoms with E-state index in [4.69, 9.17) is 4.74 Å². The zero-order valence-corrected chi connectivity index (χ0v) is 12.0. The second-order valence-electron chi connectivity index (χ2n) is 5.05. The number of fused-ring (bicyclic) bond motifs is 1. The van der Waals surface area contributed by atoms with Gasteiger partial charge < -0.3 is 9.64 Å². The number of carbonyl (C=O) groups excluding carboxylic acids is 2. The Balaban J connectivity index is 1.91. The highest BCUT2D eigenvalue weighted by Gasteiger charge is 2.26. The normalized spacial score (nSPS) is 12.9. The third kappa shape index (κ3) is 2.45. The van der Waals surface area contributed by atoms with Crippen LogP contribution in [0.1, 0.15) is 26.3 Å². The van der Waals surface area contributed by atoms with Crippen LogP contribution in [0, 0.1) is 5.82 Å². The minimum absolute atomic E-state index is 0.246. The molecule has 0 aliphatic carbocycles. The van der Waals surface area contributed by atoms with Crippen LogP contribution in [0.15, 0.2) is 42.5 Å². The van der Waals surface area contributed by atoms with E-state index in [2.05, 4.69) is 0 Å². The summed E-state index contributed by atoms with van der Waals surface area (Å²) in [5, 5.41) is 0.